The zero-order chi connectivity index (χ0) is 18.8. The van der Waals surface area contributed by atoms with Crippen LogP contribution in [-0.2, 0) is 0 Å². The quantitative estimate of drug-likeness (QED) is 0.722. The Morgan fingerprint density at radius 2 is 1.85 bits per heavy atom. The second kappa shape index (κ2) is 7.00. The van der Waals surface area contributed by atoms with Gasteiger partial charge in [0.25, 0.3) is 5.56 Å². The summed E-state index contributed by atoms with van der Waals surface area (Å²) in [5, 5.41) is 5.64. The van der Waals surface area contributed by atoms with Crippen molar-refractivity contribution in [2.24, 2.45) is 0 Å². The van der Waals surface area contributed by atoms with Gasteiger partial charge in [0.05, 0.1) is 0 Å². The van der Waals surface area contributed by atoms with Crippen LogP contribution in [0.15, 0.2) is 59.7 Å². The Balaban J connectivity index is 1.52. The first-order valence-corrected chi connectivity index (χ1v) is 8.29. The van der Waals surface area contributed by atoms with Crippen LogP contribution in [0.3, 0.4) is 0 Å². The van der Waals surface area contributed by atoms with E-state index >= 15 is 0 Å². The molecule has 2 amide bonds. The fourth-order valence-electron chi connectivity index (χ4n) is 2.55. The summed E-state index contributed by atoms with van der Waals surface area (Å²) in [5.41, 5.74) is 0.623. The van der Waals surface area contributed by atoms with Crippen molar-refractivity contribution in [1.82, 2.24) is 9.55 Å². The number of hydrogen-bond donors (Lipinski definition) is 2. The molecule has 1 aliphatic heterocycles. The number of amides is 2. The average Bonchev–Trinajstić information content (AvgIpc) is 3.12. The topological polar surface area (TPSA) is 94.5 Å². The monoisotopic (exact) mass is 384 g/mol. The van der Waals surface area contributed by atoms with Gasteiger partial charge >= 0.3 is 6.03 Å². The third-order valence-corrected chi connectivity index (χ3v) is 4.06. The summed E-state index contributed by atoms with van der Waals surface area (Å²) in [6, 6.07) is 11.1. The third kappa shape index (κ3) is 3.56. The van der Waals surface area contributed by atoms with Gasteiger partial charge in [0.1, 0.15) is 0 Å². The molecule has 0 aliphatic carbocycles. The summed E-state index contributed by atoms with van der Waals surface area (Å²) in [6.45, 7) is 0.142. The van der Waals surface area contributed by atoms with Crippen molar-refractivity contribution in [2.75, 3.05) is 17.4 Å². The van der Waals surface area contributed by atoms with E-state index in [2.05, 4.69) is 15.6 Å². The standard InChI is InChI=1S/C18H13ClN4O4/c19-11-1-4-13(5-2-11)23-8-7-20-16(17(23)24)22-18(25)21-12-3-6-14-15(9-12)27-10-26-14/h1-9H,10H2,(H2,20,21,22,25). The highest BCUT2D eigenvalue weighted by Crippen LogP contribution is 2.34. The zero-order valence-electron chi connectivity index (χ0n) is 13.8. The predicted octanol–water partition coefficient (Wildman–Crippen LogP) is 3.26. The summed E-state index contributed by atoms with van der Waals surface area (Å²) in [4.78, 5) is 28.8. The number of benzene rings is 2. The van der Waals surface area contributed by atoms with Gasteiger partial charge in [0.15, 0.2) is 11.5 Å². The molecule has 0 radical (unpaired) electrons. The van der Waals surface area contributed by atoms with E-state index in [1.807, 2.05) is 0 Å². The zero-order valence-corrected chi connectivity index (χ0v) is 14.6. The van der Waals surface area contributed by atoms with E-state index in [4.69, 9.17) is 21.1 Å². The minimum absolute atomic E-state index is 0.106. The van der Waals surface area contributed by atoms with Crippen molar-refractivity contribution >= 4 is 29.1 Å². The Morgan fingerprint density at radius 1 is 1.07 bits per heavy atom. The lowest BCUT2D eigenvalue weighted by atomic mass is 10.3. The molecule has 1 aromatic heterocycles. The number of rotatable bonds is 3. The maximum absolute atomic E-state index is 12.6. The third-order valence-electron chi connectivity index (χ3n) is 3.81. The molecule has 3 aromatic rings. The van der Waals surface area contributed by atoms with Gasteiger partial charge in [-0.05, 0) is 36.4 Å². The number of ether oxygens (including phenoxy) is 2. The number of halogens is 1. The molecule has 27 heavy (non-hydrogen) atoms. The van der Waals surface area contributed by atoms with Crippen molar-refractivity contribution < 1.29 is 14.3 Å². The molecule has 1 aliphatic rings. The fraction of sp³-hybridized carbons (Fsp3) is 0.0556. The molecule has 2 heterocycles. The van der Waals surface area contributed by atoms with Crippen LogP contribution < -0.4 is 25.7 Å². The van der Waals surface area contributed by atoms with Gasteiger partial charge in [-0.15, -0.1) is 0 Å². The second-order valence-corrected chi connectivity index (χ2v) is 6.01. The molecule has 0 bridgehead atoms. The first kappa shape index (κ1) is 16.9. The molecule has 2 N–H and O–H groups in total. The Morgan fingerprint density at radius 3 is 2.67 bits per heavy atom. The average molecular weight is 385 g/mol. The van der Waals surface area contributed by atoms with Crippen LogP contribution in [-0.4, -0.2) is 22.4 Å². The summed E-state index contributed by atoms with van der Waals surface area (Å²) in [5.74, 6) is 1.04. The first-order chi connectivity index (χ1) is 13.1. The van der Waals surface area contributed by atoms with E-state index < -0.39 is 11.6 Å². The SMILES string of the molecule is O=C(Nc1ccc2c(c1)OCO2)Nc1nccn(-c2ccc(Cl)cc2)c1=O. The van der Waals surface area contributed by atoms with Crippen molar-refractivity contribution in [2.45, 2.75) is 0 Å². The maximum atomic E-state index is 12.6. The molecule has 2 aromatic carbocycles. The normalized spacial score (nSPS) is 11.9. The van der Waals surface area contributed by atoms with Gasteiger partial charge in [-0.25, -0.2) is 9.78 Å². The molecule has 9 heteroatoms. The van der Waals surface area contributed by atoms with Gasteiger partial charge in [0.2, 0.25) is 12.6 Å². The van der Waals surface area contributed by atoms with Crippen LogP contribution in [0, 0.1) is 0 Å². The number of nitrogens with one attached hydrogen (secondary N) is 2. The van der Waals surface area contributed by atoms with Crippen molar-refractivity contribution in [3.8, 4) is 17.2 Å². The number of carbonyl (C=O) groups is 1. The molecular weight excluding hydrogens is 372 g/mol. The van der Waals surface area contributed by atoms with E-state index in [0.29, 0.717) is 27.9 Å². The van der Waals surface area contributed by atoms with Crippen LogP contribution in [0.2, 0.25) is 5.02 Å². The summed E-state index contributed by atoms with van der Waals surface area (Å²) in [7, 11) is 0. The Labute approximate surface area is 158 Å². The maximum Gasteiger partial charge on any atom is 0.325 e. The van der Waals surface area contributed by atoms with Crippen molar-refractivity contribution in [3.63, 3.8) is 0 Å². The van der Waals surface area contributed by atoms with E-state index in [0.717, 1.165) is 0 Å². The molecule has 0 saturated heterocycles. The highest BCUT2D eigenvalue weighted by Gasteiger charge is 2.15. The molecule has 8 nitrogen and oxygen atoms in total. The van der Waals surface area contributed by atoms with Crippen LogP contribution in [0.4, 0.5) is 16.3 Å². The fourth-order valence-corrected chi connectivity index (χ4v) is 2.67. The number of nitrogens with zero attached hydrogens (tertiary/aromatic N) is 2. The van der Waals surface area contributed by atoms with Crippen LogP contribution in [0.25, 0.3) is 5.69 Å². The highest BCUT2D eigenvalue weighted by molar-refractivity contribution is 6.30. The molecule has 0 unspecified atom stereocenters. The van der Waals surface area contributed by atoms with Gasteiger partial charge in [-0.3, -0.25) is 14.7 Å². The van der Waals surface area contributed by atoms with E-state index in [1.54, 1.807) is 42.5 Å². The van der Waals surface area contributed by atoms with E-state index in [9.17, 15) is 9.59 Å². The molecule has 0 saturated carbocycles. The molecule has 136 valence electrons. The van der Waals surface area contributed by atoms with E-state index in [1.165, 1.54) is 17.0 Å². The summed E-state index contributed by atoms with van der Waals surface area (Å²) in [6.07, 6.45) is 2.93. The molecule has 0 fully saturated rings. The molecule has 4 rings (SSSR count). The number of hydrogen-bond acceptors (Lipinski definition) is 5. The summed E-state index contributed by atoms with van der Waals surface area (Å²) >= 11 is 5.87. The minimum atomic E-state index is -0.604. The lowest BCUT2D eigenvalue weighted by molar-refractivity contribution is 0.174. The van der Waals surface area contributed by atoms with Crippen molar-refractivity contribution in [1.29, 1.82) is 0 Å². The lowest BCUT2D eigenvalue weighted by Crippen LogP contribution is -2.28. The van der Waals surface area contributed by atoms with Gasteiger partial charge < -0.3 is 14.8 Å². The Bertz CT molecular complexity index is 1070. The number of aromatic nitrogens is 2. The van der Waals surface area contributed by atoms with Gasteiger partial charge in [-0.2, -0.15) is 0 Å². The largest absolute Gasteiger partial charge is 0.454 e. The van der Waals surface area contributed by atoms with E-state index in [-0.39, 0.29) is 12.6 Å². The van der Waals surface area contributed by atoms with Crippen LogP contribution >= 0.6 is 11.6 Å². The van der Waals surface area contributed by atoms with Gasteiger partial charge in [0, 0.05) is 34.9 Å². The second-order valence-electron chi connectivity index (χ2n) is 5.57. The van der Waals surface area contributed by atoms with Gasteiger partial charge in [-0.1, -0.05) is 11.6 Å². The minimum Gasteiger partial charge on any atom is -0.454 e. The lowest BCUT2D eigenvalue weighted by Gasteiger charge is -2.10. The van der Waals surface area contributed by atoms with Crippen LogP contribution in [0.1, 0.15) is 0 Å². The Hall–Kier alpha value is -3.52. The Kier molecular flexibility index (Phi) is 4.39. The molecule has 0 atom stereocenters. The number of urea groups is 1. The van der Waals surface area contributed by atoms with Crippen molar-refractivity contribution in [3.05, 3.63) is 70.2 Å². The first-order valence-electron chi connectivity index (χ1n) is 7.91. The molecule has 0 spiro atoms. The predicted molar refractivity (Wildman–Crippen MR) is 100 cm³/mol. The smallest absolute Gasteiger partial charge is 0.325 e. The number of carbonyl (C=O) groups excluding carboxylic acids is 1. The molecular formula is C18H13ClN4O4. The highest BCUT2D eigenvalue weighted by atomic mass is 35.5. The van der Waals surface area contributed by atoms with Crippen LogP contribution in [0.5, 0.6) is 11.5 Å². The number of anilines is 2. The summed E-state index contributed by atoms with van der Waals surface area (Å²) < 4.78 is 11.8. The number of fused-ring (bicyclic) bond motifs is 1.